The van der Waals surface area contributed by atoms with Crippen molar-refractivity contribution in [2.75, 3.05) is 33.3 Å². The van der Waals surface area contributed by atoms with Crippen LogP contribution in [0.5, 0.6) is 11.5 Å². The molecule has 2 aromatic carbocycles. The number of benzene rings is 2. The molecule has 32 heavy (non-hydrogen) atoms. The number of halogens is 1. The Hall–Kier alpha value is -3.39. The van der Waals surface area contributed by atoms with Crippen LogP contribution in [-0.2, 0) is 9.59 Å². The van der Waals surface area contributed by atoms with E-state index in [2.05, 4.69) is 4.90 Å². The van der Waals surface area contributed by atoms with E-state index in [0.717, 1.165) is 13.1 Å². The number of hydrogen-bond acceptors (Lipinski definition) is 6. The van der Waals surface area contributed by atoms with Crippen molar-refractivity contribution in [3.8, 4) is 11.5 Å². The zero-order valence-electron chi connectivity index (χ0n) is 18.3. The van der Waals surface area contributed by atoms with E-state index in [1.165, 1.54) is 48.4 Å². The van der Waals surface area contributed by atoms with E-state index < -0.39 is 29.3 Å². The molecule has 1 fully saturated rings. The van der Waals surface area contributed by atoms with Gasteiger partial charge in [-0.1, -0.05) is 32.0 Å². The summed E-state index contributed by atoms with van der Waals surface area (Å²) in [5.41, 5.74) is -0.213. The number of amides is 1. The molecule has 1 saturated heterocycles. The van der Waals surface area contributed by atoms with Crippen molar-refractivity contribution >= 4 is 17.4 Å². The Morgan fingerprint density at radius 3 is 2.44 bits per heavy atom. The summed E-state index contributed by atoms with van der Waals surface area (Å²) in [5.74, 6) is -2.89. The molecule has 1 aliphatic heterocycles. The number of nitrogens with zero attached hydrogens (tertiary/aromatic N) is 2. The first kappa shape index (κ1) is 23.3. The molecule has 2 aromatic rings. The van der Waals surface area contributed by atoms with Gasteiger partial charge in [0.05, 0.1) is 24.3 Å². The number of methoxy groups -OCH3 is 1. The van der Waals surface area contributed by atoms with Crippen molar-refractivity contribution in [1.82, 2.24) is 9.80 Å². The number of likely N-dealkylation sites (tertiary alicyclic amines) is 1. The number of carbonyl (C=O) groups is 2. The van der Waals surface area contributed by atoms with Gasteiger partial charge in [-0.3, -0.25) is 9.59 Å². The van der Waals surface area contributed by atoms with Crippen LogP contribution in [0.3, 0.4) is 0 Å². The van der Waals surface area contributed by atoms with Gasteiger partial charge in [0.2, 0.25) is 0 Å². The van der Waals surface area contributed by atoms with Crippen LogP contribution in [0.2, 0.25) is 0 Å². The van der Waals surface area contributed by atoms with Crippen LogP contribution < -0.4 is 4.74 Å². The molecule has 0 bridgehead atoms. The second-order valence-electron chi connectivity index (χ2n) is 7.42. The zero-order chi connectivity index (χ0) is 23.4. The van der Waals surface area contributed by atoms with Crippen molar-refractivity contribution in [3.05, 3.63) is 65.0 Å². The molecule has 0 saturated carbocycles. The number of ether oxygens (including phenoxy) is 1. The molecule has 1 heterocycles. The fraction of sp³-hybridized carbons (Fsp3) is 0.333. The van der Waals surface area contributed by atoms with Gasteiger partial charge in [0, 0.05) is 24.7 Å². The monoisotopic (exact) mass is 442 g/mol. The van der Waals surface area contributed by atoms with Gasteiger partial charge >= 0.3 is 0 Å². The van der Waals surface area contributed by atoms with Gasteiger partial charge in [-0.15, -0.1) is 0 Å². The molecule has 7 nitrogen and oxygen atoms in total. The molecule has 8 heteroatoms. The van der Waals surface area contributed by atoms with Gasteiger partial charge in [-0.05, 0) is 31.3 Å². The largest absolute Gasteiger partial charge is 0.507 e. The molecule has 0 radical (unpaired) electrons. The second kappa shape index (κ2) is 9.82. The van der Waals surface area contributed by atoms with E-state index in [4.69, 9.17) is 4.74 Å². The van der Waals surface area contributed by atoms with Crippen molar-refractivity contribution in [2.24, 2.45) is 0 Å². The predicted molar refractivity (Wildman–Crippen MR) is 118 cm³/mol. The minimum atomic E-state index is -1.12. The number of rotatable bonds is 8. The molecule has 0 spiro atoms. The van der Waals surface area contributed by atoms with E-state index in [1.807, 2.05) is 13.8 Å². The maximum absolute atomic E-state index is 14.8. The average molecular weight is 442 g/mol. The van der Waals surface area contributed by atoms with Crippen LogP contribution in [0.25, 0.3) is 5.76 Å². The lowest BCUT2D eigenvalue weighted by molar-refractivity contribution is -0.140. The van der Waals surface area contributed by atoms with Crippen molar-refractivity contribution in [2.45, 2.75) is 19.9 Å². The Morgan fingerprint density at radius 1 is 1.16 bits per heavy atom. The van der Waals surface area contributed by atoms with E-state index in [9.17, 15) is 24.2 Å². The maximum atomic E-state index is 14.8. The highest BCUT2D eigenvalue weighted by molar-refractivity contribution is 6.46. The van der Waals surface area contributed by atoms with Gasteiger partial charge < -0.3 is 24.7 Å². The smallest absolute Gasteiger partial charge is 0.295 e. The predicted octanol–water partition coefficient (Wildman–Crippen LogP) is 3.30. The quantitative estimate of drug-likeness (QED) is 0.370. The number of phenols is 1. The first-order valence-corrected chi connectivity index (χ1v) is 10.5. The summed E-state index contributed by atoms with van der Waals surface area (Å²) in [6.07, 6.45) is 0. The molecular formula is C24H27FN2O5. The van der Waals surface area contributed by atoms with Crippen LogP contribution >= 0.6 is 0 Å². The van der Waals surface area contributed by atoms with Crippen LogP contribution in [0.4, 0.5) is 4.39 Å². The number of carbonyl (C=O) groups excluding carboxylic acids is 2. The molecule has 0 aliphatic carbocycles. The Labute approximate surface area is 186 Å². The van der Waals surface area contributed by atoms with Crippen LogP contribution in [-0.4, -0.2) is 65.0 Å². The van der Waals surface area contributed by atoms with Crippen LogP contribution in [0.15, 0.2) is 48.0 Å². The summed E-state index contributed by atoms with van der Waals surface area (Å²) < 4.78 is 19.8. The standard InChI is InChI=1S/C24H27FN2O5/c1-4-26(5-2)12-13-27-21(16-8-6-7-9-18(16)25)20(23(30)24(27)31)22(29)17-11-10-15(32-3)14-19(17)28/h6-11,14,21,28-29H,4-5,12-13H2,1-3H3/t21-/m1/s1. The van der Waals surface area contributed by atoms with Crippen LogP contribution in [0, 0.1) is 5.82 Å². The number of phenolic OH excluding ortho intramolecular Hbond substituents is 1. The van der Waals surface area contributed by atoms with Gasteiger partial charge in [0.25, 0.3) is 11.7 Å². The normalized spacial score (nSPS) is 17.9. The molecule has 0 unspecified atom stereocenters. The molecular weight excluding hydrogens is 415 g/mol. The third-order valence-electron chi connectivity index (χ3n) is 5.75. The third kappa shape index (κ3) is 4.31. The van der Waals surface area contributed by atoms with Gasteiger partial charge in [-0.25, -0.2) is 4.39 Å². The fourth-order valence-corrected chi connectivity index (χ4v) is 3.90. The lowest BCUT2D eigenvalue weighted by Crippen LogP contribution is -2.38. The Bertz CT molecular complexity index is 1050. The highest BCUT2D eigenvalue weighted by Crippen LogP contribution is 2.41. The first-order valence-electron chi connectivity index (χ1n) is 10.5. The van der Waals surface area contributed by atoms with Gasteiger partial charge in [-0.2, -0.15) is 0 Å². The van der Waals surface area contributed by atoms with E-state index in [0.29, 0.717) is 12.3 Å². The number of ketones is 1. The van der Waals surface area contributed by atoms with E-state index >= 15 is 0 Å². The fourth-order valence-electron chi connectivity index (χ4n) is 3.90. The lowest BCUT2D eigenvalue weighted by atomic mass is 9.94. The molecule has 0 aromatic heterocycles. The molecule has 170 valence electrons. The van der Waals surface area contributed by atoms with Crippen LogP contribution in [0.1, 0.15) is 31.0 Å². The molecule has 1 atom stereocenters. The maximum Gasteiger partial charge on any atom is 0.295 e. The molecule has 1 aliphatic rings. The van der Waals surface area contributed by atoms with Crippen molar-refractivity contribution in [3.63, 3.8) is 0 Å². The number of aliphatic hydroxyl groups is 1. The van der Waals surface area contributed by atoms with Gasteiger partial charge in [0.1, 0.15) is 23.1 Å². The summed E-state index contributed by atoms with van der Waals surface area (Å²) in [6, 6.07) is 8.89. The highest BCUT2D eigenvalue weighted by Gasteiger charge is 2.47. The third-order valence-corrected chi connectivity index (χ3v) is 5.75. The lowest BCUT2D eigenvalue weighted by Gasteiger charge is -2.28. The number of aromatic hydroxyl groups is 1. The Balaban J connectivity index is 2.14. The molecule has 1 amide bonds. The number of Topliss-reactive ketones (excluding diaryl/α,β-unsaturated/α-hetero) is 1. The number of hydrogen-bond donors (Lipinski definition) is 2. The SMILES string of the molecule is CCN(CC)CCN1C(=O)C(=O)C(=C(O)c2ccc(OC)cc2O)[C@H]1c1ccccc1F. The topological polar surface area (TPSA) is 90.3 Å². The number of likely N-dealkylation sites (N-methyl/N-ethyl adjacent to an activating group) is 1. The van der Waals surface area contributed by atoms with Gasteiger partial charge in [0.15, 0.2) is 0 Å². The summed E-state index contributed by atoms with van der Waals surface area (Å²) in [7, 11) is 1.42. The van der Waals surface area contributed by atoms with E-state index in [1.54, 1.807) is 6.07 Å². The highest BCUT2D eigenvalue weighted by atomic mass is 19.1. The second-order valence-corrected chi connectivity index (χ2v) is 7.42. The van der Waals surface area contributed by atoms with Crippen molar-refractivity contribution < 1.29 is 28.9 Å². The summed E-state index contributed by atoms with van der Waals surface area (Å²) in [6.45, 7) is 6.14. The zero-order valence-corrected chi connectivity index (χ0v) is 18.3. The minimum absolute atomic E-state index is 0.0473. The minimum Gasteiger partial charge on any atom is -0.507 e. The van der Waals surface area contributed by atoms with Crippen molar-refractivity contribution in [1.29, 1.82) is 0 Å². The summed E-state index contributed by atoms with van der Waals surface area (Å²) in [4.78, 5) is 29.3. The summed E-state index contributed by atoms with van der Waals surface area (Å²) in [5, 5.41) is 21.4. The number of aliphatic hydroxyl groups excluding tert-OH is 1. The molecule has 3 rings (SSSR count). The molecule has 2 N–H and O–H groups in total. The van der Waals surface area contributed by atoms with E-state index in [-0.39, 0.29) is 29.0 Å². The Kier molecular flexibility index (Phi) is 7.15. The Morgan fingerprint density at radius 2 is 1.84 bits per heavy atom. The first-order chi connectivity index (χ1) is 15.3. The average Bonchev–Trinajstić information content (AvgIpc) is 3.04. The summed E-state index contributed by atoms with van der Waals surface area (Å²) >= 11 is 0.